The fourth-order valence-corrected chi connectivity index (χ4v) is 1.68. The molecule has 1 aromatic rings. The Balaban J connectivity index is 2.41. The van der Waals surface area contributed by atoms with Crippen LogP contribution in [0.25, 0.3) is 0 Å². The third kappa shape index (κ3) is 2.45. The Morgan fingerprint density at radius 2 is 1.94 bits per heavy atom. The van der Waals surface area contributed by atoms with Gasteiger partial charge in [-0.1, -0.05) is 19.3 Å². The van der Waals surface area contributed by atoms with E-state index >= 15 is 0 Å². The fraction of sp³-hybridized carbons (Fsp3) is 0.643. The normalized spacial score (nSPS) is 29.3. The lowest BCUT2D eigenvalue weighted by atomic mass is 9.84. The van der Waals surface area contributed by atoms with Gasteiger partial charge >= 0.3 is 7.12 Å². The molecule has 0 bridgehead atoms. The lowest BCUT2D eigenvalue weighted by molar-refractivity contribution is 0.00578. The van der Waals surface area contributed by atoms with Gasteiger partial charge in [-0.25, -0.2) is 0 Å². The van der Waals surface area contributed by atoms with E-state index in [-0.39, 0.29) is 11.3 Å². The highest BCUT2D eigenvalue weighted by Crippen LogP contribution is 2.36. The summed E-state index contributed by atoms with van der Waals surface area (Å²) in [4.78, 5) is 4.12. The molecule has 2 heterocycles. The summed E-state index contributed by atoms with van der Waals surface area (Å²) in [5.74, 6) is 0. The first-order chi connectivity index (χ1) is 11.0. The first kappa shape index (κ1) is 7.06. The van der Waals surface area contributed by atoms with E-state index in [0.29, 0.717) is 0 Å². The average molecular weight is 254 g/mol. The Morgan fingerprint density at radius 1 is 1.28 bits per heavy atom. The second-order valence-corrected chi connectivity index (χ2v) is 5.29. The van der Waals surface area contributed by atoms with Crippen molar-refractivity contribution >= 4 is 12.7 Å². The third-order valence-corrected chi connectivity index (χ3v) is 3.46. The number of aryl methyl sites for hydroxylation is 1. The Labute approximate surface area is 120 Å². The summed E-state index contributed by atoms with van der Waals surface area (Å²) in [7, 11) is -0.848. The number of hydrogen-bond donors (Lipinski definition) is 0. The van der Waals surface area contributed by atoms with E-state index in [1.165, 1.54) is 12.1 Å². The van der Waals surface area contributed by atoms with Crippen LogP contribution in [-0.2, 0) is 15.7 Å². The topological polar surface area (TPSA) is 31.4 Å². The molecule has 0 radical (unpaired) electrons. The summed E-state index contributed by atoms with van der Waals surface area (Å²) < 4.78 is 65.2. The van der Waals surface area contributed by atoms with Crippen LogP contribution in [0.3, 0.4) is 0 Å². The van der Waals surface area contributed by atoms with Crippen LogP contribution < -0.4 is 5.59 Å². The molecular weight excluding hydrogens is 225 g/mol. The zero-order valence-corrected chi connectivity index (χ0v) is 11.1. The van der Waals surface area contributed by atoms with Gasteiger partial charge in [0.2, 0.25) is 0 Å². The molecule has 4 heteroatoms. The van der Waals surface area contributed by atoms with Crippen LogP contribution in [0.2, 0.25) is 0 Å². The predicted octanol–water partition coefficient (Wildman–Crippen LogP) is 2.33. The van der Waals surface area contributed by atoms with Gasteiger partial charge in [0.15, 0.2) is 0 Å². The molecule has 98 valence electrons. The highest BCUT2D eigenvalue weighted by Gasteiger charge is 2.52. The van der Waals surface area contributed by atoms with Crippen molar-refractivity contribution in [2.24, 2.45) is 0 Å². The predicted molar refractivity (Wildman–Crippen MR) is 73.9 cm³/mol. The van der Waals surface area contributed by atoms with Crippen molar-refractivity contribution in [1.29, 1.82) is 0 Å². The van der Waals surface area contributed by atoms with Crippen LogP contribution in [0.4, 0.5) is 0 Å². The first-order valence-electron chi connectivity index (χ1n) is 9.36. The zero-order valence-electron chi connectivity index (χ0n) is 18.1. The number of hydrogen-bond acceptors (Lipinski definition) is 3. The Morgan fingerprint density at radius 3 is 2.56 bits per heavy atom. The summed E-state index contributed by atoms with van der Waals surface area (Å²) >= 11 is 0. The van der Waals surface area contributed by atoms with E-state index in [2.05, 4.69) is 4.98 Å². The zero-order chi connectivity index (χ0) is 19.5. The molecule has 1 aliphatic rings. The van der Waals surface area contributed by atoms with Crippen molar-refractivity contribution < 1.29 is 18.9 Å². The van der Waals surface area contributed by atoms with Crippen molar-refractivity contribution in [2.75, 3.05) is 0 Å². The summed E-state index contributed by atoms with van der Waals surface area (Å²) in [6, 6.07) is 4.32. The van der Waals surface area contributed by atoms with Crippen LogP contribution in [0.1, 0.15) is 56.2 Å². The monoisotopic (exact) mass is 254 g/mol. The van der Waals surface area contributed by atoms with Gasteiger partial charge in [-0.2, -0.15) is 0 Å². The summed E-state index contributed by atoms with van der Waals surface area (Å²) in [6.07, 6.45) is -5.93. The minimum Gasteiger partial charge on any atom is -0.398 e. The number of pyridine rings is 1. The quantitative estimate of drug-likeness (QED) is 0.776. The Kier molecular flexibility index (Phi) is 1.83. The molecule has 0 aliphatic carbocycles. The van der Waals surface area contributed by atoms with Gasteiger partial charge in [0.25, 0.3) is 0 Å². The van der Waals surface area contributed by atoms with Gasteiger partial charge in [0, 0.05) is 15.3 Å². The van der Waals surface area contributed by atoms with Gasteiger partial charge in [-0.15, -0.1) is 0 Å². The van der Waals surface area contributed by atoms with Gasteiger partial charge in [-0.3, -0.25) is 4.98 Å². The molecule has 1 aliphatic heterocycles. The fourth-order valence-electron chi connectivity index (χ4n) is 1.68. The molecule has 3 nitrogen and oxygen atoms in total. The first-order valence-corrected chi connectivity index (χ1v) is 5.86. The molecule has 0 amide bonds. The minimum atomic E-state index is -3.14. The smallest absolute Gasteiger partial charge is 0.398 e. The average Bonchev–Trinajstić information content (AvgIpc) is 2.66. The molecule has 0 unspecified atom stereocenters. The molecule has 18 heavy (non-hydrogen) atoms. The summed E-state index contributed by atoms with van der Waals surface area (Å²) in [5.41, 5.74) is -1.27. The molecule has 0 atom stereocenters. The van der Waals surface area contributed by atoms with E-state index in [4.69, 9.17) is 18.9 Å². The third-order valence-electron chi connectivity index (χ3n) is 3.46. The molecule has 0 saturated carbocycles. The number of aromatic nitrogens is 1. The van der Waals surface area contributed by atoms with Crippen LogP contribution in [0, 0.1) is 0 Å². The Hall–Kier alpha value is -0.865. The van der Waals surface area contributed by atoms with E-state index in [0.717, 1.165) is 0 Å². The maximum atomic E-state index is 8.04. The maximum Gasteiger partial charge on any atom is 0.514 e. The molecule has 1 saturated heterocycles. The van der Waals surface area contributed by atoms with Crippen LogP contribution in [0.5, 0.6) is 0 Å². The molecule has 1 fully saturated rings. The second-order valence-electron chi connectivity index (χ2n) is 5.29. The lowest BCUT2D eigenvalue weighted by Crippen LogP contribution is -2.41. The Bertz CT molecular complexity index is 645. The summed E-state index contributed by atoms with van der Waals surface area (Å²) in [5, 5.41) is 0. The van der Waals surface area contributed by atoms with Crippen molar-refractivity contribution in [3.05, 3.63) is 23.9 Å². The second kappa shape index (κ2) is 4.67. The highest BCUT2D eigenvalue weighted by molar-refractivity contribution is 6.61. The highest BCUT2D eigenvalue weighted by atomic mass is 16.7. The van der Waals surface area contributed by atoms with E-state index in [1.54, 1.807) is 6.07 Å². The summed E-state index contributed by atoms with van der Waals surface area (Å²) in [6.45, 7) is 4.32. The number of nitrogens with zero attached hydrogens (tertiary/aromatic N) is 1. The van der Waals surface area contributed by atoms with Crippen LogP contribution >= 0.6 is 0 Å². The molecule has 2 rings (SSSR count). The van der Waals surface area contributed by atoms with E-state index in [1.807, 2.05) is 27.7 Å². The molecule has 0 spiro atoms. The number of rotatable bonds is 3. The van der Waals surface area contributed by atoms with Crippen LogP contribution in [0.15, 0.2) is 18.2 Å². The molecule has 0 aromatic carbocycles. The van der Waals surface area contributed by atoms with E-state index in [9.17, 15) is 0 Å². The standard InChI is InChI=1S/C14H22BNO2/c1-6-8-11-9-7-10-12(16-11)15-17-13(2,3)14(4,5)18-15/h7,9-10H,6,8H2,1-5H3/i1D3,6D2,8D2. The largest absolute Gasteiger partial charge is 0.514 e. The lowest BCUT2D eigenvalue weighted by Gasteiger charge is -2.32. The minimum absolute atomic E-state index is 0.265. The maximum absolute atomic E-state index is 8.04. The van der Waals surface area contributed by atoms with Crippen LogP contribution in [-0.4, -0.2) is 23.3 Å². The SMILES string of the molecule is [2H]C([2H])([2H])C([2H])([2H])C([2H])([2H])c1cccc(B2OC(C)(C)C(C)(C)O2)n1. The van der Waals surface area contributed by atoms with Crippen molar-refractivity contribution in [3.63, 3.8) is 0 Å². The molecular formula is C14H22BNO2. The van der Waals surface area contributed by atoms with Crippen molar-refractivity contribution in [2.45, 2.75) is 58.5 Å². The van der Waals surface area contributed by atoms with Gasteiger partial charge in [0.05, 0.1) is 16.8 Å². The van der Waals surface area contributed by atoms with Gasteiger partial charge in [-0.05, 0) is 46.2 Å². The molecule has 0 N–H and O–H groups in total. The molecule has 1 aromatic heterocycles. The van der Waals surface area contributed by atoms with Gasteiger partial charge in [0.1, 0.15) is 0 Å². The van der Waals surface area contributed by atoms with Gasteiger partial charge < -0.3 is 9.31 Å². The van der Waals surface area contributed by atoms with E-state index < -0.39 is 37.9 Å². The van der Waals surface area contributed by atoms with Crippen molar-refractivity contribution in [1.82, 2.24) is 4.98 Å². The van der Waals surface area contributed by atoms with Crippen molar-refractivity contribution in [3.8, 4) is 0 Å².